The van der Waals surface area contributed by atoms with Crippen molar-refractivity contribution in [2.45, 2.75) is 12.1 Å². The fourth-order valence-electron chi connectivity index (χ4n) is 2.18. The molecule has 1 aromatic heterocycles. The summed E-state index contributed by atoms with van der Waals surface area (Å²) in [5.41, 5.74) is 1.28. The summed E-state index contributed by atoms with van der Waals surface area (Å²) < 4.78 is 1.60. The third-order valence-corrected chi connectivity index (χ3v) is 4.25. The number of benzene rings is 2. The Morgan fingerprint density at radius 1 is 1.14 bits per heavy atom. The molecule has 3 aromatic rings. The van der Waals surface area contributed by atoms with Gasteiger partial charge in [0.05, 0.1) is 21.6 Å². The molecule has 0 amide bonds. The van der Waals surface area contributed by atoms with Gasteiger partial charge in [0.2, 0.25) is 0 Å². The Bertz CT molecular complexity index is 860. The number of para-hydroxylation sites is 2. The van der Waals surface area contributed by atoms with Crippen LogP contribution in [0.3, 0.4) is 0 Å². The summed E-state index contributed by atoms with van der Waals surface area (Å²) in [5.74, 6) is 0.829. The van der Waals surface area contributed by atoms with Crippen LogP contribution in [-0.4, -0.2) is 15.3 Å². The molecule has 5 heteroatoms. The Balaban J connectivity index is 2.40. The first kappa shape index (κ1) is 14.2. The fraction of sp³-hybridized carbons (Fsp3) is 0.125. The standard InChI is InChI=1S/C16H13ClN2OS/c1-2-21-16-18-13-9-5-3-7-11(13)15(20)19(16)14-10-6-4-8-12(14)17/h3-10H,2H2,1H3. The summed E-state index contributed by atoms with van der Waals surface area (Å²) in [4.78, 5) is 17.4. The van der Waals surface area contributed by atoms with Crippen LogP contribution < -0.4 is 5.56 Å². The van der Waals surface area contributed by atoms with Crippen molar-refractivity contribution in [3.63, 3.8) is 0 Å². The van der Waals surface area contributed by atoms with E-state index in [0.29, 0.717) is 26.8 Å². The van der Waals surface area contributed by atoms with Gasteiger partial charge in [0, 0.05) is 0 Å². The Labute approximate surface area is 131 Å². The van der Waals surface area contributed by atoms with Crippen molar-refractivity contribution in [3.8, 4) is 5.69 Å². The van der Waals surface area contributed by atoms with Crippen molar-refractivity contribution >= 4 is 34.3 Å². The van der Waals surface area contributed by atoms with Gasteiger partial charge in [0.25, 0.3) is 5.56 Å². The molecule has 0 saturated carbocycles. The number of hydrogen-bond acceptors (Lipinski definition) is 3. The largest absolute Gasteiger partial charge is 0.268 e. The molecule has 3 rings (SSSR count). The van der Waals surface area contributed by atoms with Gasteiger partial charge < -0.3 is 0 Å². The molecular formula is C16H13ClN2OS. The summed E-state index contributed by atoms with van der Waals surface area (Å²) in [5, 5.41) is 1.79. The number of nitrogens with zero attached hydrogens (tertiary/aromatic N) is 2. The molecule has 0 bridgehead atoms. The monoisotopic (exact) mass is 316 g/mol. The topological polar surface area (TPSA) is 34.9 Å². The minimum absolute atomic E-state index is 0.0929. The lowest BCUT2D eigenvalue weighted by atomic mass is 10.2. The molecule has 0 fully saturated rings. The third kappa shape index (κ3) is 2.57. The van der Waals surface area contributed by atoms with Crippen LogP contribution in [0.25, 0.3) is 16.6 Å². The minimum atomic E-state index is -0.0929. The molecule has 0 aliphatic carbocycles. The van der Waals surface area contributed by atoms with Gasteiger partial charge in [-0.25, -0.2) is 4.98 Å². The van der Waals surface area contributed by atoms with E-state index in [0.717, 1.165) is 5.75 Å². The number of thioether (sulfide) groups is 1. The first-order valence-corrected chi connectivity index (χ1v) is 7.98. The highest BCUT2D eigenvalue weighted by atomic mass is 35.5. The summed E-state index contributed by atoms with van der Waals surface area (Å²) in [6.07, 6.45) is 0. The molecular weight excluding hydrogens is 304 g/mol. The second-order valence-electron chi connectivity index (χ2n) is 4.44. The zero-order valence-electron chi connectivity index (χ0n) is 11.4. The molecule has 0 spiro atoms. The van der Waals surface area contributed by atoms with Crippen LogP contribution in [0.2, 0.25) is 5.02 Å². The van der Waals surface area contributed by atoms with Gasteiger partial charge in [-0.1, -0.05) is 54.6 Å². The van der Waals surface area contributed by atoms with Crippen LogP contribution in [0.4, 0.5) is 0 Å². The second-order valence-corrected chi connectivity index (χ2v) is 6.07. The average Bonchev–Trinajstić information content (AvgIpc) is 2.49. The van der Waals surface area contributed by atoms with Crippen LogP contribution in [0, 0.1) is 0 Å². The van der Waals surface area contributed by atoms with E-state index in [1.54, 1.807) is 16.7 Å². The Hall–Kier alpha value is -1.78. The van der Waals surface area contributed by atoms with Crippen LogP contribution in [-0.2, 0) is 0 Å². The van der Waals surface area contributed by atoms with Crippen LogP contribution in [0.5, 0.6) is 0 Å². The summed E-state index contributed by atoms with van der Waals surface area (Å²) in [6.45, 7) is 2.03. The molecule has 0 aliphatic heterocycles. The second kappa shape index (κ2) is 5.92. The molecule has 0 N–H and O–H groups in total. The lowest BCUT2D eigenvalue weighted by Gasteiger charge is -2.13. The van der Waals surface area contributed by atoms with E-state index in [2.05, 4.69) is 4.98 Å². The van der Waals surface area contributed by atoms with Crippen molar-refractivity contribution < 1.29 is 0 Å². The highest BCUT2D eigenvalue weighted by Gasteiger charge is 2.14. The van der Waals surface area contributed by atoms with E-state index in [4.69, 9.17) is 11.6 Å². The summed E-state index contributed by atoms with van der Waals surface area (Å²) in [6, 6.07) is 14.7. The van der Waals surface area contributed by atoms with Crippen molar-refractivity contribution in [1.29, 1.82) is 0 Å². The Kier molecular flexibility index (Phi) is 3.99. The number of fused-ring (bicyclic) bond motifs is 1. The Morgan fingerprint density at radius 3 is 2.62 bits per heavy atom. The van der Waals surface area contributed by atoms with Gasteiger partial charge in [-0.15, -0.1) is 0 Å². The molecule has 0 saturated heterocycles. The highest BCUT2D eigenvalue weighted by Crippen LogP contribution is 2.25. The average molecular weight is 317 g/mol. The molecule has 0 unspecified atom stereocenters. The van der Waals surface area contributed by atoms with Gasteiger partial charge in [-0.2, -0.15) is 0 Å². The predicted molar refractivity (Wildman–Crippen MR) is 88.7 cm³/mol. The van der Waals surface area contributed by atoms with E-state index in [1.807, 2.05) is 43.3 Å². The minimum Gasteiger partial charge on any atom is -0.268 e. The molecule has 0 radical (unpaired) electrons. The quantitative estimate of drug-likeness (QED) is 0.538. The molecule has 1 heterocycles. The van der Waals surface area contributed by atoms with E-state index in [1.165, 1.54) is 11.8 Å². The number of hydrogen-bond donors (Lipinski definition) is 0. The zero-order valence-corrected chi connectivity index (χ0v) is 13.0. The maximum Gasteiger partial charge on any atom is 0.266 e. The SMILES string of the molecule is CCSc1nc2ccccc2c(=O)n1-c1ccccc1Cl. The van der Waals surface area contributed by atoms with Crippen molar-refractivity contribution in [3.05, 3.63) is 63.9 Å². The van der Waals surface area contributed by atoms with E-state index < -0.39 is 0 Å². The number of aromatic nitrogens is 2. The smallest absolute Gasteiger partial charge is 0.266 e. The van der Waals surface area contributed by atoms with Gasteiger partial charge >= 0.3 is 0 Å². The van der Waals surface area contributed by atoms with Crippen LogP contribution >= 0.6 is 23.4 Å². The maximum absolute atomic E-state index is 12.8. The van der Waals surface area contributed by atoms with Gasteiger partial charge in [-0.05, 0) is 30.0 Å². The number of halogens is 1. The van der Waals surface area contributed by atoms with Crippen molar-refractivity contribution in [2.75, 3.05) is 5.75 Å². The van der Waals surface area contributed by atoms with Gasteiger partial charge in [-0.3, -0.25) is 9.36 Å². The molecule has 0 atom stereocenters. The predicted octanol–water partition coefficient (Wildman–Crippen LogP) is 4.15. The molecule has 2 aromatic carbocycles. The highest BCUT2D eigenvalue weighted by molar-refractivity contribution is 7.99. The van der Waals surface area contributed by atoms with Crippen LogP contribution in [0.1, 0.15) is 6.92 Å². The summed E-state index contributed by atoms with van der Waals surface area (Å²) in [7, 11) is 0. The van der Waals surface area contributed by atoms with E-state index >= 15 is 0 Å². The lowest BCUT2D eigenvalue weighted by molar-refractivity contribution is 0.820. The van der Waals surface area contributed by atoms with E-state index in [9.17, 15) is 4.79 Å². The van der Waals surface area contributed by atoms with Crippen LogP contribution in [0.15, 0.2) is 58.5 Å². The van der Waals surface area contributed by atoms with Gasteiger partial charge in [0.1, 0.15) is 0 Å². The van der Waals surface area contributed by atoms with Gasteiger partial charge in [0.15, 0.2) is 5.16 Å². The van der Waals surface area contributed by atoms with E-state index in [-0.39, 0.29) is 5.56 Å². The molecule has 21 heavy (non-hydrogen) atoms. The molecule has 0 aliphatic rings. The summed E-state index contributed by atoms with van der Waals surface area (Å²) >= 11 is 7.78. The Morgan fingerprint density at radius 2 is 1.86 bits per heavy atom. The van der Waals surface area contributed by atoms with Crippen molar-refractivity contribution in [2.24, 2.45) is 0 Å². The normalized spacial score (nSPS) is 11.0. The third-order valence-electron chi connectivity index (χ3n) is 3.11. The first-order valence-electron chi connectivity index (χ1n) is 6.62. The maximum atomic E-state index is 12.8. The van der Waals surface area contributed by atoms with Crippen molar-refractivity contribution in [1.82, 2.24) is 9.55 Å². The number of rotatable bonds is 3. The fourth-order valence-corrected chi connectivity index (χ4v) is 3.14. The molecule has 106 valence electrons. The lowest BCUT2D eigenvalue weighted by Crippen LogP contribution is -2.22. The molecule has 3 nitrogen and oxygen atoms in total. The zero-order chi connectivity index (χ0) is 14.8. The first-order chi connectivity index (χ1) is 10.2.